The Hall–Kier alpha value is -1.70. The maximum atomic E-state index is 12.9. The number of aliphatic hydroxyl groups is 1. The zero-order valence-corrected chi connectivity index (χ0v) is 15.3. The number of fused-ring (bicyclic) bond motifs is 1. The first-order valence-corrected chi connectivity index (χ1v) is 8.50. The lowest BCUT2D eigenvalue weighted by atomic mass is 10.0. The second kappa shape index (κ2) is 6.23. The summed E-state index contributed by atoms with van der Waals surface area (Å²) < 4.78 is 17.2. The van der Waals surface area contributed by atoms with Gasteiger partial charge in [0, 0.05) is 12.4 Å². The number of aromatic nitrogens is 1. The van der Waals surface area contributed by atoms with Gasteiger partial charge in [-0.3, -0.25) is 9.88 Å². The summed E-state index contributed by atoms with van der Waals surface area (Å²) in [5, 5.41) is 10.9. The predicted octanol–water partition coefficient (Wildman–Crippen LogP) is 2.25. The predicted molar refractivity (Wildman–Crippen MR) is 89.7 cm³/mol. The fourth-order valence-electron chi connectivity index (χ4n) is 3.38. The molecule has 7 nitrogen and oxygen atoms in total. The minimum atomic E-state index is -0.898. The summed E-state index contributed by atoms with van der Waals surface area (Å²) in [7, 11) is 0. The van der Waals surface area contributed by atoms with Crippen molar-refractivity contribution in [3.8, 4) is 0 Å². The average Bonchev–Trinajstić information content (AvgIpc) is 2.78. The first kappa shape index (κ1) is 18.1. The molecule has 7 heteroatoms. The molecule has 1 amide bonds. The van der Waals surface area contributed by atoms with Crippen LogP contribution in [0.1, 0.15) is 46.2 Å². The Kier molecular flexibility index (Phi) is 4.51. The summed E-state index contributed by atoms with van der Waals surface area (Å²) in [5.74, 6) is -0.814. The average molecular weight is 350 g/mol. The van der Waals surface area contributed by atoms with Gasteiger partial charge >= 0.3 is 6.09 Å². The number of ether oxygens (including phenoxy) is 3. The number of hydrogen-bond acceptors (Lipinski definition) is 6. The van der Waals surface area contributed by atoms with Gasteiger partial charge < -0.3 is 19.3 Å². The molecule has 138 valence electrons. The van der Waals surface area contributed by atoms with Crippen LogP contribution in [0.4, 0.5) is 4.79 Å². The van der Waals surface area contributed by atoms with Crippen LogP contribution < -0.4 is 0 Å². The number of likely N-dealkylation sites (tertiary alicyclic amines) is 1. The van der Waals surface area contributed by atoms with Crippen LogP contribution in [0.15, 0.2) is 24.5 Å². The number of carbonyl (C=O) groups excluding carboxylic acids is 1. The van der Waals surface area contributed by atoms with Crippen molar-refractivity contribution in [2.75, 3.05) is 6.61 Å². The molecule has 1 unspecified atom stereocenters. The molecule has 3 rings (SSSR count). The van der Waals surface area contributed by atoms with Gasteiger partial charge in [-0.1, -0.05) is 6.07 Å². The summed E-state index contributed by atoms with van der Waals surface area (Å²) in [4.78, 5) is 18.5. The third-order valence-electron chi connectivity index (χ3n) is 4.35. The molecule has 2 fully saturated rings. The molecule has 2 aliphatic rings. The van der Waals surface area contributed by atoms with Crippen LogP contribution in [0.5, 0.6) is 0 Å². The molecule has 1 aromatic heterocycles. The van der Waals surface area contributed by atoms with E-state index in [1.807, 2.05) is 26.8 Å². The SMILES string of the molecule is CC(C)(C)OC(=O)N1C(c2cccnc2)[C@H](O)[C@@H]2OC(C)(C)OC[C@H]21. The fourth-order valence-corrected chi connectivity index (χ4v) is 3.38. The molecule has 2 aliphatic heterocycles. The van der Waals surface area contributed by atoms with Crippen molar-refractivity contribution in [1.29, 1.82) is 0 Å². The minimum Gasteiger partial charge on any atom is -0.444 e. The van der Waals surface area contributed by atoms with Crippen molar-refractivity contribution in [3.05, 3.63) is 30.1 Å². The molecular formula is C18H26N2O5. The largest absolute Gasteiger partial charge is 0.444 e. The zero-order valence-electron chi connectivity index (χ0n) is 15.3. The van der Waals surface area contributed by atoms with E-state index in [1.165, 1.54) is 4.90 Å². The Morgan fingerprint density at radius 2 is 2.16 bits per heavy atom. The van der Waals surface area contributed by atoms with Gasteiger partial charge in [0.15, 0.2) is 5.79 Å². The molecule has 0 radical (unpaired) electrons. The Morgan fingerprint density at radius 3 is 2.76 bits per heavy atom. The summed E-state index contributed by atoms with van der Waals surface area (Å²) in [6.07, 6.45) is 1.35. The quantitative estimate of drug-likeness (QED) is 0.837. The molecule has 0 aromatic carbocycles. The standard InChI is InChI=1S/C18H26N2O5/c1-17(2,3)25-16(22)20-12-10-23-18(4,5)24-15(12)14(21)13(20)11-7-6-8-19-9-11/h6-9,12-15,21H,10H2,1-5H3/t12-,13?,14+,15-/m1/s1. The van der Waals surface area contributed by atoms with E-state index in [-0.39, 0.29) is 6.61 Å². The van der Waals surface area contributed by atoms with E-state index >= 15 is 0 Å². The Labute approximate surface area is 147 Å². The van der Waals surface area contributed by atoms with Crippen molar-refractivity contribution in [2.45, 2.75) is 70.3 Å². The number of carbonyl (C=O) groups is 1. The number of amides is 1. The van der Waals surface area contributed by atoms with Gasteiger partial charge in [-0.15, -0.1) is 0 Å². The molecule has 1 aromatic rings. The van der Waals surface area contributed by atoms with Crippen LogP contribution in [0.3, 0.4) is 0 Å². The number of hydrogen-bond donors (Lipinski definition) is 1. The van der Waals surface area contributed by atoms with Gasteiger partial charge in [-0.05, 0) is 46.2 Å². The van der Waals surface area contributed by atoms with E-state index in [2.05, 4.69) is 4.98 Å². The molecule has 1 N–H and O–H groups in total. The molecule has 0 spiro atoms. The van der Waals surface area contributed by atoms with Crippen molar-refractivity contribution < 1.29 is 24.1 Å². The van der Waals surface area contributed by atoms with E-state index in [0.29, 0.717) is 0 Å². The van der Waals surface area contributed by atoms with Gasteiger partial charge in [0.25, 0.3) is 0 Å². The number of nitrogens with zero attached hydrogens (tertiary/aromatic N) is 2. The zero-order chi connectivity index (χ0) is 18.4. The van der Waals surface area contributed by atoms with E-state index in [4.69, 9.17) is 14.2 Å². The van der Waals surface area contributed by atoms with Gasteiger partial charge in [0.2, 0.25) is 0 Å². The highest BCUT2D eigenvalue weighted by Gasteiger charge is 2.56. The highest BCUT2D eigenvalue weighted by molar-refractivity contribution is 5.70. The highest BCUT2D eigenvalue weighted by Crippen LogP contribution is 2.43. The van der Waals surface area contributed by atoms with Crippen molar-refractivity contribution in [2.24, 2.45) is 0 Å². The van der Waals surface area contributed by atoms with Gasteiger partial charge in [0.05, 0.1) is 18.7 Å². The second-order valence-corrected chi connectivity index (χ2v) is 7.97. The van der Waals surface area contributed by atoms with Crippen LogP contribution in [-0.2, 0) is 14.2 Å². The number of pyridine rings is 1. The molecule has 4 atom stereocenters. The van der Waals surface area contributed by atoms with E-state index in [1.54, 1.807) is 32.3 Å². The summed E-state index contributed by atoms with van der Waals surface area (Å²) in [6, 6.07) is 2.58. The van der Waals surface area contributed by atoms with Crippen LogP contribution in [0.25, 0.3) is 0 Å². The second-order valence-electron chi connectivity index (χ2n) is 7.97. The number of rotatable bonds is 1. The third-order valence-corrected chi connectivity index (χ3v) is 4.35. The van der Waals surface area contributed by atoms with Crippen molar-refractivity contribution >= 4 is 6.09 Å². The molecule has 0 aliphatic carbocycles. The third kappa shape index (κ3) is 3.63. The van der Waals surface area contributed by atoms with Crippen molar-refractivity contribution in [1.82, 2.24) is 9.88 Å². The lowest BCUT2D eigenvalue weighted by molar-refractivity contribution is -0.291. The maximum Gasteiger partial charge on any atom is 0.411 e. The normalized spacial score (nSPS) is 31.5. The van der Waals surface area contributed by atoms with Crippen LogP contribution in [-0.4, -0.2) is 57.3 Å². The van der Waals surface area contributed by atoms with Gasteiger partial charge in [0.1, 0.15) is 17.8 Å². The Balaban J connectivity index is 1.97. The highest BCUT2D eigenvalue weighted by atomic mass is 16.7. The van der Waals surface area contributed by atoms with Crippen LogP contribution in [0, 0.1) is 0 Å². The maximum absolute atomic E-state index is 12.9. The molecule has 3 heterocycles. The van der Waals surface area contributed by atoms with E-state index in [0.717, 1.165) is 5.56 Å². The molecule has 25 heavy (non-hydrogen) atoms. The monoisotopic (exact) mass is 350 g/mol. The topological polar surface area (TPSA) is 81.1 Å². The van der Waals surface area contributed by atoms with Gasteiger partial charge in [-0.25, -0.2) is 4.79 Å². The van der Waals surface area contributed by atoms with Crippen LogP contribution >= 0.6 is 0 Å². The summed E-state index contributed by atoms with van der Waals surface area (Å²) in [6.45, 7) is 9.29. The first-order valence-electron chi connectivity index (χ1n) is 8.50. The molecule has 0 saturated carbocycles. The first-order chi connectivity index (χ1) is 11.6. The smallest absolute Gasteiger partial charge is 0.411 e. The summed E-state index contributed by atoms with van der Waals surface area (Å²) in [5.41, 5.74) is 0.0894. The summed E-state index contributed by atoms with van der Waals surface area (Å²) >= 11 is 0. The molecule has 2 saturated heterocycles. The van der Waals surface area contributed by atoms with Crippen molar-refractivity contribution in [3.63, 3.8) is 0 Å². The lowest BCUT2D eigenvalue weighted by Crippen LogP contribution is -2.54. The lowest BCUT2D eigenvalue weighted by Gasteiger charge is -2.40. The molecular weight excluding hydrogens is 324 g/mol. The number of aliphatic hydroxyl groups excluding tert-OH is 1. The fraction of sp³-hybridized carbons (Fsp3) is 0.667. The molecule has 0 bridgehead atoms. The van der Waals surface area contributed by atoms with Crippen LogP contribution in [0.2, 0.25) is 0 Å². The van der Waals surface area contributed by atoms with E-state index in [9.17, 15) is 9.90 Å². The Morgan fingerprint density at radius 1 is 1.44 bits per heavy atom. The minimum absolute atomic E-state index is 0.269. The Bertz CT molecular complexity index is 628. The van der Waals surface area contributed by atoms with Gasteiger partial charge in [-0.2, -0.15) is 0 Å². The van der Waals surface area contributed by atoms with E-state index < -0.39 is 41.8 Å².